The minimum atomic E-state index is 0.471. The molecule has 3 aliphatic rings. The molecule has 86 valence electrons. The summed E-state index contributed by atoms with van der Waals surface area (Å²) in [4.78, 5) is 0. The molecule has 16 heavy (non-hydrogen) atoms. The first kappa shape index (κ1) is 9.46. The van der Waals surface area contributed by atoms with Gasteiger partial charge in [-0.25, -0.2) is 0 Å². The molecule has 0 N–H and O–H groups in total. The van der Waals surface area contributed by atoms with Gasteiger partial charge in [0, 0.05) is 13.0 Å². The molecule has 4 heteroatoms. The van der Waals surface area contributed by atoms with Crippen molar-refractivity contribution in [1.82, 2.24) is 14.8 Å². The molecule has 4 atom stereocenters. The topological polar surface area (TPSA) is 30.7 Å². The lowest BCUT2D eigenvalue weighted by atomic mass is 10.0. The molecule has 1 aromatic rings. The molecule has 0 aliphatic heterocycles. The fraction of sp³-hybridized carbons (Fsp3) is 0.833. The van der Waals surface area contributed by atoms with E-state index < -0.39 is 0 Å². The first-order valence-electron chi connectivity index (χ1n) is 6.25. The highest BCUT2D eigenvalue weighted by Gasteiger charge is 2.66. The molecule has 3 saturated carbocycles. The number of aromatic nitrogens is 3. The number of nitrogens with zero attached hydrogens (tertiary/aromatic N) is 3. The van der Waals surface area contributed by atoms with Crippen molar-refractivity contribution in [3.8, 4) is 0 Å². The Labute approximate surface area is 100 Å². The van der Waals surface area contributed by atoms with Crippen LogP contribution in [0.5, 0.6) is 0 Å². The van der Waals surface area contributed by atoms with E-state index in [9.17, 15) is 0 Å². The summed E-state index contributed by atoms with van der Waals surface area (Å²) in [7, 11) is 2.06. The van der Waals surface area contributed by atoms with Crippen molar-refractivity contribution in [3.05, 3.63) is 11.6 Å². The maximum Gasteiger partial charge on any atom is 0.147 e. The number of fused-ring (bicyclic) bond motifs is 5. The molecule has 0 spiro atoms. The van der Waals surface area contributed by atoms with E-state index in [2.05, 4.69) is 21.8 Å². The standard InChI is InChI=1S/C12H16ClN3/c1-16-8(5-13)14-15-12(16)11-9-6-2-3-7(4-6)10(9)11/h6-7,9-11H,2-5H2,1H3. The van der Waals surface area contributed by atoms with Gasteiger partial charge >= 0.3 is 0 Å². The second kappa shape index (κ2) is 3.00. The Morgan fingerprint density at radius 2 is 1.94 bits per heavy atom. The highest BCUT2D eigenvalue weighted by Crippen LogP contribution is 2.72. The van der Waals surface area contributed by atoms with Crippen LogP contribution in [0.15, 0.2) is 0 Å². The highest BCUT2D eigenvalue weighted by molar-refractivity contribution is 6.16. The fourth-order valence-electron chi connectivity index (χ4n) is 4.45. The molecular weight excluding hydrogens is 222 g/mol. The molecule has 1 aromatic heterocycles. The maximum absolute atomic E-state index is 5.84. The summed E-state index contributed by atoms with van der Waals surface area (Å²) < 4.78 is 2.12. The van der Waals surface area contributed by atoms with Crippen molar-refractivity contribution in [2.45, 2.75) is 31.1 Å². The zero-order valence-corrected chi connectivity index (χ0v) is 10.2. The summed E-state index contributed by atoms with van der Waals surface area (Å²) >= 11 is 5.84. The third-order valence-electron chi connectivity index (χ3n) is 5.15. The van der Waals surface area contributed by atoms with Crippen molar-refractivity contribution in [3.63, 3.8) is 0 Å². The van der Waals surface area contributed by atoms with Gasteiger partial charge in [-0.3, -0.25) is 0 Å². The zero-order valence-electron chi connectivity index (χ0n) is 9.43. The molecule has 1 heterocycles. The van der Waals surface area contributed by atoms with Crippen molar-refractivity contribution in [2.75, 3.05) is 0 Å². The summed E-state index contributed by atoms with van der Waals surface area (Å²) in [6.07, 6.45) is 4.41. The average molecular weight is 238 g/mol. The van der Waals surface area contributed by atoms with E-state index in [4.69, 9.17) is 11.6 Å². The van der Waals surface area contributed by atoms with Gasteiger partial charge in [-0.2, -0.15) is 0 Å². The number of hydrogen-bond donors (Lipinski definition) is 0. The van der Waals surface area contributed by atoms with E-state index >= 15 is 0 Å². The van der Waals surface area contributed by atoms with Gasteiger partial charge in [-0.1, -0.05) is 0 Å². The predicted molar refractivity (Wildman–Crippen MR) is 61.1 cm³/mol. The third-order valence-corrected chi connectivity index (χ3v) is 5.39. The van der Waals surface area contributed by atoms with E-state index in [0.717, 1.165) is 29.5 Å². The van der Waals surface area contributed by atoms with Crippen molar-refractivity contribution >= 4 is 11.6 Å². The van der Waals surface area contributed by atoms with Gasteiger partial charge in [0.1, 0.15) is 11.6 Å². The SMILES string of the molecule is Cn1c(CCl)nnc1C1C2C3CCC(C3)C12. The van der Waals surface area contributed by atoms with Crippen molar-refractivity contribution in [1.29, 1.82) is 0 Å². The van der Waals surface area contributed by atoms with Crippen LogP contribution in [0.4, 0.5) is 0 Å². The van der Waals surface area contributed by atoms with Crippen LogP contribution in [0.3, 0.4) is 0 Å². The lowest BCUT2D eigenvalue weighted by Gasteiger charge is -2.08. The van der Waals surface area contributed by atoms with Crippen LogP contribution in [-0.4, -0.2) is 14.8 Å². The lowest BCUT2D eigenvalue weighted by molar-refractivity contribution is 0.456. The van der Waals surface area contributed by atoms with E-state index in [1.54, 1.807) is 0 Å². The Morgan fingerprint density at radius 1 is 1.25 bits per heavy atom. The van der Waals surface area contributed by atoms with Gasteiger partial charge in [0.15, 0.2) is 0 Å². The monoisotopic (exact) mass is 237 g/mol. The van der Waals surface area contributed by atoms with E-state index in [1.165, 1.54) is 25.1 Å². The summed E-state index contributed by atoms with van der Waals surface area (Å²) in [5.74, 6) is 7.15. The summed E-state index contributed by atoms with van der Waals surface area (Å²) in [5.41, 5.74) is 0. The lowest BCUT2D eigenvalue weighted by Crippen LogP contribution is -2.05. The van der Waals surface area contributed by atoms with Crippen LogP contribution in [0.2, 0.25) is 0 Å². The van der Waals surface area contributed by atoms with Gasteiger partial charge in [0.25, 0.3) is 0 Å². The first-order valence-corrected chi connectivity index (χ1v) is 6.79. The number of alkyl halides is 1. The summed E-state index contributed by atoms with van der Waals surface area (Å²) in [6.45, 7) is 0. The number of hydrogen-bond acceptors (Lipinski definition) is 2. The van der Waals surface area contributed by atoms with Gasteiger partial charge < -0.3 is 4.57 Å². The minimum absolute atomic E-state index is 0.471. The first-order chi connectivity index (χ1) is 7.81. The Bertz CT molecular complexity index is 425. The smallest absolute Gasteiger partial charge is 0.147 e. The van der Waals surface area contributed by atoms with Crippen LogP contribution >= 0.6 is 11.6 Å². The second-order valence-corrected chi connectivity index (χ2v) is 5.95. The van der Waals surface area contributed by atoms with Crippen LogP contribution in [0.1, 0.15) is 36.8 Å². The van der Waals surface area contributed by atoms with Gasteiger partial charge in [0.05, 0.1) is 5.88 Å². The largest absolute Gasteiger partial charge is 0.317 e. The quantitative estimate of drug-likeness (QED) is 0.739. The van der Waals surface area contributed by atoms with Gasteiger partial charge in [-0.15, -0.1) is 21.8 Å². The average Bonchev–Trinajstić information content (AvgIpc) is 2.68. The molecular formula is C12H16ClN3. The summed E-state index contributed by atoms with van der Waals surface area (Å²) in [5, 5.41) is 8.53. The fourth-order valence-corrected chi connectivity index (χ4v) is 4.68. The van der Waals surface area contributed by atoms with Crippen LogP contribution in [-0.2, 0) is 12.9 Å². The molecule has 0 saturated heterocycles. The predicted octanol–water partition coefficient (Wildman–Crippen LogP) is 2.31. The molecule has 0 radical (unpaired) electrons. The number of rotatable bonds is 2. The Balaban J connectivity index is 1.66. The maximum atomic E-state index is 5.84. The molecule has 0 aromatic carbocycles. The summed E-state index contributed by atoms with van der Waals surface area (Å²) in [6, 6.07) is 0. The normalized spacial score (nSPS) is 43.8. The van der Waals surface area contributed by atoms with Crippen LogP contribution in [0, 0.1) is 23.7 Å². The van der Waals surface area contributed by atoms with Gasteiger partial charge in [0.2, 0.25) is 0 Å². The molecule has 3 fully saturated rings. The minimum Gasteiger partial charge on any atom is -0.317 e. The van der Waals surface area contributed by atoms with Crippen molar-refractivity contribution < 1.29 is 0 Å². The molecule has 2 bridgehead atoms. The number of halogens is 1. The molecule has 4 rings (SSSR count). The highest BCUT2D eigenvalue weighted by atomic mass is 35.5. The third kappa shape index (κ3) is 1.01. The van der Waals surface area contributed by atoms with Crippen LogP contribution < -0.4 is 0 Å². The molecule has 3 aliphatic carbocycles. The van der Waals surface area contributed by atoms with E-state index in [0.29, 0.717) is 11.8 Å². The van der Waals surface area contributed by atoms with E-state index in [1.807, 2.05) is 0 Å². The Morgan fingerprint density at radius 3 is 2.50 bits per heavy atom. The molecule has 3 nitrogen and oxygen atoms in total. The van der Waals surface area contributed by atoms with Crippen LogP contribution in [0.25, 0.3) is 0 Å². The molecule has 0 amide bonds. The zero-order chi connectivity index (χ0) is 10.9. The second-order valence-electron chi connectivity index (χ2n) is 5.68. The molecule has 4 unspecified atom stereocenters. The Hall–Kier alpha value is -0.570. The Kier molecular flexibility index (Phi) is 1.78. The van der Waals surface area contributed by atoms with E-state index in [-0.39, 0.29) is 0 Å². The van der Waals surface area contributed by atoms with Crippen molar-refractivity contribution in [2.24, 2.45) is 30.7 Å². The van der Waals surface area contributed by atoms with Gasteiger partial charge in [-0.05, 0) is 42.9 Å².